The van der Waals surface area contributed by atoms with Crippen molar-refractivity contribution in [3.63, 3.8) is 0 Å². The third kappa shape index (κ3) is 13.1. The minimum Gasteiger partial charge on any atom is -0.508 e. The van der Waals surface area contributed by atoms with Crippen LogP contribution in [-0.4, -0.2) is 66.5 Å². The maximum Gasteiger partial charge on any atom is 0.419 e. The summed E-state index contributed by atoms with van der Waals surface area (Å²) in [6, 6.07) is 19.1. The number of aromatic hydroxyl groups is 1. The zero-order valence-corrected chi connectivity index (χ0v) is 43.4. The van der Waals surface area contributed by atoms with Gasteiger partial charge < -0.3 is 20.5 Å². The first-order chi connectivity index (χ1) is 34.9. The minimum atomic E-state index is -4.86. The topological polar surface area (TPSA) is 141 Å². The molecule has 4 aromatic heterocycles. The van der Waals surface area contributed by atoms with Gasteiger partial charge in [0.1, 0.15) is 46.4 Å². The average Bonchev–Trinajstić information content (AvgIpc) is 3.93. The number of halogens is 11. The zero-order valence-electron chi connectivity index (χ0n) is 38.6. The van der Waals surface area contributed by atoms with E-state index in [0.29, 0.717) is 51.3 Å². The molecule has 0 unspecified atom stereocenters. The number of benzene rings is 4. The number of hydrogen-bond acceptors (Lipinski definition) is 10. The lowest BCUT2D eigenvalue weighted by molar-refractivity contribution is -0.140. The summed E-state index contributed by atoms with van der Waals surface area (Å²) in [5, 5.41) is 16.6. The van der Waals surface area contributed by atoms with Gasteiger partial charge in [-0.2, -0.15) is 36.3 Å². The molecule has 2 aliphatic rings. The molecule has 0 aliphatic heterocycles. The molecule has 73 heavy (non-hydrogen) atoms. The molecular weight excluding hydrogens is 1160 g/mol. The van der Waals surface area contributed by atoms with Gasteiger partial charge in [0.15, 0.2) is 0 Å². The lowest BCUT2D eigenvalue weighted by atomic mass is 9.96. The molecule has 2 aliphatic carbocycles. The molecule has 12 nitrogen and oxygen atoms in total. The number of phenols is 1. The number of rotatable bonds is 9. The first kappa shape index (κ1) is 53.4. The van der Waals surface area contributed by atoms with Gasteiger partial charge >= 0.3 is 15.5 Å². The lowest BCUT2D eigenvalue weighted by Crippen LogP contribution is -2.23. The van der Waals surface area contributed by atoms with E-state index in [1.807, 2.05) is 0 Å². The first-order valence-electron chi connectivity index (χ1n) is 23.0. The largest absolute Gasteiger partial charge is 0.508 e. The van der Waals surface area contributed by atoms with E-state index in [1.165, 1.54) is 44.2 Å². The summed E-state index contributed by atoms with van der Waals surface area (Å²) in [6.07, 6.45) is 4.50. The van der Waals surface area contributed by atoms with Gasteiger partial charge in [0, 0.05) is 47.7 Å². The normalized spacial score (nSPS) is 14.5. The van der Waals surface area contributed by atoms with Crippen molar-refractivity contribution < 1.29 is 45.0 Å². The Labute approximate surface area is 438 Å². The number of nitrogens with zero attached hydrogens (tertiary/aromatic N) is 8. The molecule has 0 saturated heterocycles. The Morgan fingerprint density at radius 1 is 0.575 bits per heavy atom. The number of nitrogens with one attached hydrogen (secondary N) is 2. The Morgan fingerprint density at radius 2 is 1.00 bits per heavy atom. The molecule has 10 rings (SSSR count). The van der Waals surface area contributed by atoms with Gasteiger partial charge in [0.2, 0.25) is 11.9 Å². The highest BCUT2D eigenvalue weighted by Gasteiger charge is 2.36. The summed E-state index contributed by atoms with van der Waals surface area (Å²) in [5.74, 6) is -0.212. The number of fused-ring (bicyclic) bond motifs is 2. The van der Waals surface area contributed by atoms with Crippen LogP contribution in [0.25, 0.3) is 56.5 Å². The predicted octanol–water partition coefficient (Wildman–Crippen LogP) is 14.6. The molecule has 4 aromatic carbocycles. The Morgan fingerprint density at radius 3 is 1.42 bits per heavy atom. The summed E-state index contributed by atoms with van der Waals surface area (Å²) >= 11 is 9.31. The van der Waals surface area contributed by atoms with Crippen LogP contribution in [-0.2, 0) is 12.4 Å². The smallest absolute Gasteiger partial charge is 0.419 e. The van der Waals surface area contributed by atoms with Gasteiger partial charge in [-0.3, -0.25) is 9.13 Å². The number of imidazole rings is 2. The van der Waals surface area contributed by atoms with Gasteiger partial charge in [0.05, 0.1) is 40.3 Å². The highest BCUT2D eigenvalue weighted by atomic mass is 79.9. The fraction of sp³-hybridized carbons (Fsp3) is 0.306. The van der Waals surface area contributed by atoms with Crippen LogP contribution in [0.5, 0.6) is 11.5 Å². The monoisotopic (exact) mass is 1200 g/mol. The summed E-state index contributed by atoms with van der Waals surface area (Å²) in [4.78, 5) is 26.9. The Kier molecular flexibility index (Phi) is 16.9. The highest BCUT2D eigenvalue weighted by Crippen LogP contribution is 2.38. The second-order valence-electron chi connectivity index (χ2n) is 17.1. The number of ether oxygens (including phenoxy) is 1. The van der Waals surface area contributed by atoms with E-state index in [9.17, 15) is 40.2 Å². The number of anilines is 2. The second-order valence-corrected chi connectivity index (χ2v) is 23.6. The molecule has 2 fully saturated rings. The average molecular weight is 1210 g/mol. The van der Waals surface area contributed by atoms with Gasteiger partial charge in [0.25, 0.3) is 0 Å². The van der Waals surface area contributed by atoms with Gasteiger partial charge in [-0.1, -0.05) is 38.5 Å². The fourth-order valence-electron chi connectivity index (χ4n) is 8.82. The minimum absolute atomic E-state index is 0.0406. The summed E-state index contributed by atoms with van der Waals surface area (Å²) in [6.45, 7) is 0. The van der Waals surface area contributed by atoms with E-state index in [4.69, 9.17) is 4.74 Å². The van der Waals surface area contributed by atoms with Gasteiger partial charge in [-0.15, -0.1) is 47.3 Å². The summed E-state index contributed by atoms with van der Waals surface area (Å²) in [5.41, 5.74) is -0.582. The van der Waals surface area contributed by atoms with E-state index in [2.05, 4.69) is 87.8 Å². The molecule has 0 atom stereocenters. The van der Waals surface area contributed by atoms with E-state index >= 15 is 0 Å². The molecule has 0 radical (unpaired) electrons. The van der Waals surface area contributed by atoms with Crippen molar-refractivity contribution in [1.29, 1.82) is 0 Å². The Balaban J connectivity index is 0.000000182. The third-order valence-corrected chi connectivity index (χ3v) is 12.2. The molecule has 382 valence electrons. The van der Waals surface area contributed by atoms with Crippen LogP contribution in [0.1, 0.15) is 75.3 Å². The van der Waals surface area contributed by atoms with Crippen LogP contribution >= 0.6 is 47.3 Å². The lowest BCUT2D eigenvalue weighted by Gasteiger charge is -2.22. The number of aromatic nitrogens is 8. The van der Waals surface area contributed by atoms with Crippen LogP contribution in [0, 0.1) is 11.6 Å². The number of phenolic OH excluding ortho intramolecular Hbond substituents is 1. The van der Waals surface area contributed by atoms with Crippen molar-refractivity contribution in [1.82, 2.24) is 39.0 Å². The molecule has 0 amide bonds. The quantitative estimate of drug-likeness (QED) is 0.0945. The Bertz CT molecular complexity index is 3200. The van der Waals surface area contributed by atoms with Crippen molar-refractivity contribution in [3.8, 4) is 45.9 Å². The summed E-state index contributed by atoms with van der Waals surface area (Å²) < 4.78 is 117. The highest BCUT2D eigenvalue weighted by molar-refractivity contribution is 9.69. The third-order valence-electron chi connectivity index (χ3n) is 12.2. The van der Waals surface area contributed by atoms with E-state index in [-0.39, 0.29) is 43.8 Å². The Hall–Kier alpha value is -5.88. The van der Waals surface area contributed by atoms with Crippen molar-refractivity contribution >= 4 is 84.4 Å². The first-order valence-corrected chi connectivity index (χ1v) is 25.8. The molecule has 0 bridgehead atoms. The van der Waals surface area contributed by atoms with Crippen molar-refractivity contribution in [3.05, 3.63) is 120 Å². The maximum absolute atomic E-state index is 14.0. The number of hydrogen-bond donors (Lipinski definition) is 3. The maximum atomic E-state index is 14.0. The molecule has 4 heterocycles. The van der Waals surface area contributed by atoms with Crippen LogP contribution in [0.4, 0.5) is 47.0 Å². The van der Waals surface area contributed by atoms with Crippen LogP contribution in [0.3, 0.4) is 0 Å². The van der Waals surface area contributed by atoms with Crippen molar-refractivity contribution in [2.45, 2.75) is 88.6 Å². The van der Waals surface area contributed by atoms with Crippen LogP contribution < -0.4 is 15.4 Å². The molecule has 8 aromatic rings. The molecule has 2 saturated carbocycles. The van der Waals surface area contributed by atoms with E-state index < -0.39 is 35.1 Å². The molecule has 3 N–H and O–H groups in total. The van der Waals surface area contributed by atoms with Crippen molar-refractivity contribution in [2.24, 2.45) is 0 Å². The SMILES string of the molecule is BrB(Br)Br.COc1ccc2c(c1)nc(-c1ccc(F)c(C(F)(F)F)c1)n2-c1ccnc(NC2CCCCC2)n1.Oc1ccc2c(c1)nc(-c1ccc(F)c(C(F)(F)F)c1)n2-c1ccnc(NC2CCCCC2)n1. The van der Waals surface area contributed by atoms with E-state index in [0.717, 1.165) is 75.6 Å². The molecular formula is C49H44BBr3F8N10O2. The molecule has 24 heteroatoms. The fourth-order valence-corrected chi connectivity index (χ4v) is 8.82. The standard InChI is InChI=1S/C25H23F4N5O.C24H21F4N5O.BBr3/c1-35-17-8-10-21-20(14-17)32-23(15-7-9-19(26)18(13-15)25(27,28)29)34(21)22-11-12-30-24(33-22)31-16-5-3-2-4-6-16;25-18-8-6-14(12-17(18)24(26,27)28)22-31-19-13-16(34)7-9-20(19)33(22)21-10-11-29-23(32-21)30-15-4-2-1-3-5-15;2-1(3)4/h7-14,16H,2-6H2,1H3,(H,30,31,33);6-13,15,34H,1-5H2,(H,29,30,32);. The van der Waals surface area contributed by atoms with Crippen molar-refractivity contribution in [2.75, 3.05) is 17.7 Å². The van der Waals surface area contributed by atoms with Crippen LogP contribution in [0.2, 0.25) is 0 Å². The number of alkyl halides is 6. The van der Waals surface area contributed by atoms with E-state index in [1.54, 1.807) is 57.9 Å². The predicted molar refractivity (Wildman–Crippen MR) is 276 cm³/mol. The second kappa shape index (κ2) is 23.1. The van der Waals surface area contributed by atoms with Crippen LogP contribution in [0.15, 0.2) is 97.3 Å². The zero-order chi connectivity index (χ0) is 52.0. The number of methoxy groups -OCH3 is 1. The molecule has 0 spiro atoms. The summed E-state index contributed by atoms with van der Waals surface area (Å²) in [7, 11) is 1.52. The van der Waals surface area contributed by atoms with Gasteiger partial charge in [-0.25, -0.2) is 28.7 Å². The van der Waals surface area contributed by atoms with Gasteiger partial charge in [-0.05, 0) is 98.5 Å².